The highest BCUT2D eigenvalue weighted by Crippen LogP contribution is 2.31. The van der Waals surface area contributed by atoms with Crippen molar-refractivity contribution >= 4 is 33.2 Å². The van der Waals surface area contributed by atoms with Gasteiger partial charge in [-0.1, -0.05) is 17.8 Å². The number of sulfone groups is 1. The van der Waals surface area contributed by atoms with Crippen molar-refractivity contribution in [1.82, 2.24) is 9.97 Å². The number of rotatable bonds is 6. The minimum absolute atomic E-state index is 0.169. The maximum Gasteiger partial charge on any atom is 0.416 e. The zero-order valence-corrected chi connectivity index (χ0v) is 17.7. The third-order valence-corrected chi connectivity index (χ3v) is 6.68. The summed E-state index contributed by atoms with van der Waals surface area (Å²) in [7, 11) is -4.62. The van der Waals surface area contributed by atoms with Gasteiger partial charge in [-0.05, 0) is 30.3 Å². The molecular weight excluding hydrogens is 493 g/mol. The highest BCUT2D eigenvalue weighted by molar-refractivity contribution is 7.99. The number of hydrogen-bond donors (Lipinski definition) is 2. The third kappa shape index (κ3) is 5.76. The average molecular weight is 505 g/mol. The quantitative estimate of drug-likeness (QED) is 0.301. The number of benzene rings is 2. The number of carbonyl (C=O) groups is 1. The van der Waals surface area contributed by atoms with Crippen LogP contribution in [0.2, 0.25) is 0 Å². The lowest BCUT2D eigenvalue weighted by atomic mass is 10.2. The standard InChI is InChI=1S/C19H12F5N3O4S2/c20-11-4-5-14(13(21)7-11)26-16(28)9-32-18-25-8-15(17(29)27-18)33(30,31)12-3-1-2-10(6-12)19(22,23)24/h1-8H,9H2,(H,26,28)(H,25,27,29). The predicted molar refractivity (Wildman–Crippen MR) is 107 cm³/mol. The van der Waals surface area contributed by atoms with Gasteiger partial charge >= 0.3 is 6.18 Å². The fraction of sp³-hybridized carbons (Fsp3) is 0.105. The van der Waals surface area contributed by atoms with Crippen LogP contribution in [0, 0.1) is 11.6 Å². The molecule has 33 heavy (non-hydrogen) atoms. The Morgan fingerprint density at radius 2 is 1.85 bits per heavy atom. The van der Waals surface area contributed by atoms with Crippen LogP contribution < -0.4 is 10.9 Å². The Morgan fingerprint density at radius 1 is 1.12 bits per heavy atom. The number of carbonyl (C=O) groups excluding carboxylic acids is 1. The maximum absolute atomic E-state index is 13.6. The summed E-state index contributed by atoms with van der Waals surface area (Å²) in [4.78, 5) is 28.4. The summed E-state index contributed by atoms with van der Waals surface area (Å²) < 4.78 is 90.3. The molecule has 0 spiro atoms. The average Bonchev–Trinajstić information content (AvgIpc) is 2.73. The van der Waals surface area contributed by atoms with E-state index in [0.29, 0.717) is 36.2 Å². The number of aromatic amines is 1. The number of amides is 1. The SMILES string of the molecule is O=C(CSc1ncc(S(=O)(=O)c2cccc(C(F)(F)F)c2)c(=O)[nH]1)Nc1ccc(F)cc1F. The third-order valence-electron chi connectivity index (χ3n) is 4.05. The monoisotopic (exact) mass is 505 g/mol. The second kappa shape index (κ2) is 9.31. The molecule has 0 aliphatic carbocycles. The summed E-state index contributed by atoms with van der Waals surface area (Å²) in [6.07, 6.45) is -4.12. The number of halogens is 5. The van der Waals surface area contributed by atoms with Gasteiger partial charge in [-0.25, -0.2) is 22.2 Å². The zero-order valence-electron chi connectivity index (χ0n) is 16.1. The molecule has 1 aromatic heterocycles. The molecule has 0 aliphatic rings. The van der Waals surface area contributed by atoms with Gasteiger partial charge < -0.3 is 10.3 Å². The van der Waals surface area contributed by atoms with E-state index in [9.17, 15) is 40.0 Å². The van der Waals surface area contributed by atoms with Gasteiger partial charge in [0.25, 0.3) is 5.56 Å². The molecule has 3 rings (SSSR count). The molecule has 14 heteroatoms. The molecule has 0 unspecified atom stereocenters. The number of alkyl halides is 3. The van der Waals surface area contributed by atoms with Gasteiger partial charge in [0.15, 0.2) is 10.1 Å². The van der Waals surface area contributed by atoms with Crippen molar-refractivity contribution < 1.29 is 35.2 Å². The number of hydrogen-bond acceptors (Lipinski definition) is 6. The smallest absolute Gasteiger partial charge is 0.323 e. The molecule has 0 aliphatic heterocycles. The number of aromatic nitrogens is 2. The van der Waals surface area contributed by atoms with Crippen molar-refractivity contribution in [2.45, 2.75) is 21.1 Å². The van der Waals surface area contributed by atoms with E-state index in [4.69, 9.17) is 0 Å². The predicted octanol–water partition coefficient (Wildman–Crippen LogP) is 3.63. The number of nitrogens with one attached hydrogen (secondary N) is 2. The van der Waals surface area contributed by atoms with Crippen molar-refractivity contribution in [3.05, 3.63) is 76.2 Å². The Morgan fingerprint density at radius 3 is 2.48 bits per heavy atom. The molecule has 0 saturated heterocycles. The van der Waals surface area contributed by atoms with Crippen molar-refractivity contribution in [1.29, 1.82) is 0 Å². The molecule has 0 radical (unpaired) electrons. The minimum atomic E-state index is -4.78. The van der Waals surface area contributed by atoms with Crippen LogP contribution >= 0.6 is 11.8 Å². The number of nitrogens with zero attached hydrogens (tertiary/aromatic N) is 1. The van der Waals surface area contributed by atoms with E-state index in [0.717, 1.165) is 24.3 Å². The lowest BCUT2D eigenvalue weighted by molar-refractivity contribution is -0.137. The van der Waals surface area contributed by atoms with E-state index < -0.39 is 54.5 Å². The topological polar surface area (TPSA) is 109 Å². The van der Waals surface area contributed by atoms with E-state index >= 15 is 0 Å². The minimum Gasteiger partial charge on any atom is -0.323 e. The molecule has 2 N–H and O–H groups in total. The van der Waals surface area contributed by atoms with Crippen molar-refractivity contribution in [2.24, 2.45) is 0 Å². The van der Waals surface area contributed by atoms with Crippen LogP contribution in [0.4, 0.5) is 27.6 Å². The molecule has 3 aromatic rings. The van der Waals surface area contributed by atoms with E-state index in [1.54, 1.807) is 0 Å². The molecule has 174 valence electrons. The normalized spacial score (nSPS) is 11.9. The van der Waals surface area contributed by atoms with Gasteiger partial charge in [-0.3, -0.25) is 9.59 Å². The van der Waals surface area contributed by atoms with Crippen LogP contribution in [0.3, 0.4) is 0 Å². The van der Waals surface area contributed by atoms with Gasteiger partial charge in [0.05, 0.1) is 28.1 Å². The molecule has 0 bridgehead atoms. The molecule has 1 amide bonds. The Kier molecular flexibility index (Phi) is 6.88. The largest absolute Gasteiger partial charge is 0.416 e. The first-order valence-electron chi connectivity index (χ1n) is 8.77. The van der Waals surface area contributed by atoms with Gasteiger partial charge in [0, 0.05) is 6.07 Å². The first-order chi connectivity index (χ1) is 15.4. The molecule has 1 heterocycles. The highest BCUT2D eigenvalue weighted by atomic mass is 32.2. The molecule has 0 saturated carbocycles. The number of H-pyrrole nitrogens is 1. The van der Waals surface area contributed by atoms with Crippen LogP contribution in [0.5, 0.6) is 0 Å². The van der Waals surface area contributed by atoms with E-state index in [1.807, 2.05) is 0 Å². The van der Waals surface area contributed by atoms with Gasteiger partial charge in [0.1, 0.15) is 11.6 Å². The Bertz CT molecular complexity index is 1370. The Balaban J connectivity index is 1.74. The van der Waals surface area contributed by atoms with E-state index in [2.05, 4.69) is 15.3 Å². The molecule has 2 aromatic carbocycles. The van der Waals surface area contributed by atoms with Gasteiger partial charge in [-0.15, -0.1) is 0 Å². The van der Waals surface area contributed by atoms with Crippen LogP contribution in [-0.4, -0.2) is 30.0 Å². The fourth-order valence-corrected chi connectivity index (χ4v) is 4.42. The zero-order chi connectivity index (χ0) is 24.4. The van der Waals surface area contributed by atoms with E-state index in [1.165, 1.54) is 0 Å². The summed E-state index contributed by atoms with van der Waals surface area (Å²) >= 11 is 0.673. The van der Waals surface area contributed by atoms with E-state index in [-0.39, 0.29) is 16.6 Å². The van der Waals surface area contributed by atoms with Crippen LogP contribution in [0.15, 0.2) is 68.4 Å². The summed E-state index contributed by atoms with van der Waals surface area (Å²) in [6, 6.07) is 5.41. The van der Waals surface area contributed by atoms with Crippen LogP contribution in [0.25, 0.3) is 0 Å². The van der Waals surface area contributed by atoms with Gasteiger partial charge in [0.2, 0.25) is 15.7 Å². The van der Waals surface area contributed by atoms with Crippen LogP contribution in [-0.2, 0) is 20.8 Å². The highest BCUT2D eigenvalue weighted by Gasteiger charge is 2.32. The maximum atomic E-state index is 13.6. The van der Waals surface area contributed by atoms with Crippen molar-refractivity contribution in [3.63, 3.8) is 0 Å². The second-order valence-electron chi connectivity index (χ2n) is 6.37. The number of thioether (sulfide) groups is 1. The molecule has 0 fully saturated rings. The fourth-order valence-electron chi connectivity index (χ4n) is 2.51. The van der Waals surface area contributed by atoms with Crippen molar-refractivity contribution in [2.75, 3.05) is 11.1 Å². The Labute approximate surface area is 187 Å². The first-order valence-corrected chi connectivity index (χ1v) is 11.2. The first kappa shape index (κ1) is 24.4. The van der Waals surface area contributed by atoms with Crippen molar-refractivity contribution in [3.8, 4) is 0 Å². The van der Waals surface area contributed by atoms with Gasteiger partial charge in [-0.2, -0.15) is 13.2 Å². The molecular formula is C19H12F5N3O4S2. The summed E-state index contributed by atoms with van der Waals surface area (Å²) in [5, 5.41) is 2.02. The summed E-state index contributed by atoms with van der Waals surface area (Å²) in [5.41, 5.74) is -2.63. The Hall–Kier alpha value is -3.26. The second-order valence-corrected chi connectivity index (χ2v) is 9.25. The summed E-state index contributed by atoms with van der Waals surface area (Å²) in [5.74, 6) is -2.93. The lowest BCUT2D eigenvalue weighted by Gasteiger charge is -2.09. The van der Waals surface area contributed by atoms with Crippen LogP contribution in [0.1, 0.15) is 5.56 Å². The lowest BCUT2D eigenvalue weighted by Crippen LogP contribution is -2.20. The molecule has 0 atom stereocenters. The summed E-state index contributed by atoms with van der Waals surface area (Å²) in [6.45, 7) is 0. The number of anilines is 1. The molecule has 7 nitrogen and oxygen atoms in total.